The molecule has 2 aromatic heterocycles. The first-order valence-corrected chi connectivity index (χ1v) is 8.89. The molecule has 3 aromatic rings. The van der Waals surface area contributed by atoms with Crippen molar-refractivity contribution in [3.8, 4) is 5.75 Å². The first-order valence-electron chi connectivity index (χ1n) is 8.01. The fourth-order valence-electron chi connectivity index (χ4n) is 3.39. The van der Waals surface area contributed by atoms with E-state index in [2.05, 4.69) is 34.7 Å². The zero-order valence-electron chi connectivity index (χ0n) is 13.2. The summed E-state index contributed by atoms with van der Waals surface area (Å²) in [4.78, 5) is 1.16. The number of hydrogen-bond donors (Lipinski definition) is 0. The van der Waals surface area contributed by atoms with Crippen LogP contribution in [0.5, 0.6) is 5.75 Å². The van der Waals surface area contributed by atoms with Gasteiger partial charge in [0.1, 0.15) is 23.0 Å². The molecule has 5 heteroatoms. The van der Waals surface area contributed by atoms with E-state index in [1.165, 1.54) is 5.56 Å². The number of fused-ring (bicyclic) bond motifs is 3. The fraction of sp³-hybridized carbons (Fsp3) is 0.211. The van der Waals surface area contributed by atoms with Crippen molar-refractivity contribution < 1.29 is 9.15 Å². The predicted molar refractivity (Wildman–Crippen MR) is 93.3 cm³/mol. The Balaban J connectivity index is 1.60. The Bertz CT molecular complexity index is 913. The van der Waals surface area contributed by atoms with Crippen molar-refractivity contribution in [2.75, 3.05) is 0 Å². The van der Waals surface area contributed by atoms with Gasteiger partial charge in [-0.1, -0.05) is 24.3 Å². The number of benzene rings is 1. The molecule has 0 spiro atoms. The maximum atomic E-state index is 6.28. The van der Waals surface area contributed by atoms with Gasteiger partial charge in [-0.3, -0.25) is 0 Å². The highest BCUT2D eigenvalue weighted by molar-refractivity contribution is 7.10. The number of furan rings is 1. The summed E-state index contributed by atoms with van der Waals surface area (Å²) in [7, 11) is 0. The Morgan fingerprint density at radius 3 is 2.83 bits per heavy atom. The lowest BCUT2D eigenvalue weighted by molar-refractivity contribution is -0.0165. The average molecular weight is 336 g/mol. The van der Waals surface area contributed by atoms with Gasteiger partial charge in [0, 0.05) is 12.0 Å². The van der Waals surface area contributed by atoms with Gasteiger partial charge < -0.3 is 9.15 Å². The van der Waals surface area contributed by atoms with Crippen molar-refractivity contribution in [3.05, 3.63) is 75.9 Å². The van der Waals surface area contributed by atoms with E-state index in [1.807, 2.05) is 31.2 Å². The molecule has 0 saturated carbocycles. The SMILES string of the molecule is Cc1ccc(C2=NN3[C@@H](C2)c2ccccc2O[C@H]3c2cccs2)o1. The second kappa shape index (κ2) is 5.24. The summed E-state index contributed by atoms with van der Waals surface area (Å²) in [5, 5.41) is 9.03. The Morgan fingerprint density at radius 2 is 2.04 bits per heavy atom. The molecule has 5 rings (SSSR count). The molecule has 0 fully saturated rings. The van der Waals surface area contributed by atoms with Crippen LogP contribution >= 0.6 is 11.3 Å². The van der Waals surface area contributed by atoms with Gasteiger partial charge in [0.2, 0.25) is 6.23 Å². The molecule has 2 aliphatic rings. The maximum Gasteiger partial charge on any atom is 0.222 e. The van der Waals surface area contributed by atoms with E-state index in [9.17, 15) is 0 Å². The van der Waals surface area contributed by atoms with E-state index in [-0.39, 0.29) is 12.3 Å². The summed E-state index contributed by atoms with van der Waals surface area (Å²) >= 11 is 1.69. The molecule has 4 nitrogen and oxygen atoms in total. The van der Waals surface area contributed by atoms with Gasteiger partial charge in [0.25, 0.3) is 0 Å². The number of nitrogens with zero attached hydrogens (tertiary/aromatic N) is 2. The van der Waals surface area contributed by atoms with E-state index in [1.54, 1.807) is 11.3 Å². The molecule has 0 bridgehead atoms. The van der Waals surface area contributed by atoms with Crippen LogP contribution in [-0.4, -0.2) is 10.7 Å². The molecule has 0 N–H and O–H groups in total. The molecular weight excluding hydrogens is 320 g/mol. The third kappa shape index (κ3) is 2.08. The van der Waals surface area contributed by atoms with Gasteiger partial charge in [0.05, 0.1) is 10.9 Å². The number of thiophene rings is 1. The molecule has 2 aliphatic heterocycles. The quantitative estimate of drug-likeness (QED) is 0.668. The van der Waals surface area contributed by atoms with Gasteiger partial charge in [-0.15, -0.1) is 11.3 Å². The number of rotatable bonds is 2. The highest BCUT2D eigenvalue weighted by Gasteiger charge is 2.41. The largest absolute Gasteiger partial charge is 0.464 e. The minimum atomic E-state index is -0.182. The Labute approximate surface area is 144 Å². The molecule has 4 heterocycles. The molecule has 0 saturated heterocycles. The standard InChI is InChI=1S/C19H16N2O2S/c1-12-8-9-17(22-12)14-11-15-13-5-2-3-6-16(13)23-19(21(15)20-14)18-7-4-10-24-18/h2-10,15,19H,11H2,1H3/t15-,19-/m0/s1. The second-order valence-electron chi connectivity index (χ2n) is 6.08. The normalized spacial score (nSPS) is 21.9. The van der Waals surface area contributed by atoms with E-state index in [4.69, 9.17) is 14.3 Å². The lowest BCUT2D eigenvalue weighted by atomic mass is 9.98. The van der Waals surface area contributed by atoms with E-state index >= 15 is 0 Å². The topological polar surface area (TPSA) is 38.0 Å². The van der Waals surface area contributed by atoms with Crippen molar-refractivity contribution in [2.24, 2.45) is 5.10 Å². The zero-order chi connectivity index (χ0) is 16.1. The highest BCUT2D eigenvalue weighted by Crippen LogP contribution is 2.48. The van der Waals surface area contributed by atoms with Crippen LogP contribution in [0.2, 0.25) is 0 Å². The lowest BCUT2D eigenvalue weighted by Gasteiger charge is -2.37. The Morgan fingerprint density at radius 1 is 1.12 bits per heavy atom. The van der Waals surface area contributed by atoms with Gasteiger partial charge in [0.15, 0.2) is 0 Å². The maximum absolute atomic E-state index is 6.28. The summed E-state index contributed by atoms with van der Waals surface area (Å²) in [5.74, 6) is 2.71. The van der Waals surface area contributed by atoms with Crippen LogP contribution in [0.3, 0.4) is 0 Å². The summed E-state index contributed by atoms with van der Waals surface area (Å²) in [6, 6.07) is 16.6. The summed E-state index contributed by atoms with van der Waals surface area (Å²) in [6.45, 7) is 1.96. The summed E-state index contributed by atoms with van der Waals surface area (Å²) in [6.07, 6.45) is 0.647. The molecule has 1 aromatic carbocycles. The predicted octanol–water partition coefficient (Wildman–Crippen LogP) is 4.89. The van der Waals surface area contributed by atoms with Gasteiger partial charge in [-0.2, -0.15) is 5.10 Å². The molecular formula is C19H16N2O2S. The van der Waals surface area contributed by atoms with Crippen molar-refractivity contribution in [1.29, 1.82) is 0 Å². The van der Waals surface area contributed by atoms with Crippen LogP contribution < -0.4 is 4.74 Å². The average Bonchev–Trinajstić information content (AvgIpc) is 3.34. The molecule has 0 radical (unpaired) electrons. The molecule has 120 valence electrons. The first-order chi connectivity index (χ1) is 11.8. The Kier molecular flexibility index (Phi) is 3.03. The minimum Gasteiger partial charge on any atom is -0.464 e. The van der Waals surface area contributed by atoms with E-state index in [0.717, 1.165) is 34.3 Å². The monoisotopic (exact) mass is 336 g/mol. The fourth-order valence-corrected chi connectivity index (χ4v) is 4.14. The van der Waals surface area contributed by atoms with E-state index in [0.29, 0.717) is 0 Å². The van der Waals surface area contributed by atoms with Gasteiger partial charge >= 0.3 is 0 Å². The number of ether oxygens (including phenoxy) is 1. The van der Waals surface area contributed by atoms with Crippen LogP contribution in [0.25, 0.3) is 0 Å². The molecule has 0 amide bonds. The smallest absolute Gasteiger partial charge is 0.222 e. The van der Waals surface area contributed by atoms with Crippen molar-refractivity contribution in [1.82, 2.24) is 5.01 Å². The Hall–Kier alpha value is -2.53. The zero-order valence-corrected chi connectivity index (χ0v) is 14.0. The number of aryl methyl sites for hydroxylation is 1. The molecule has 0 aliphatic carbocycles. The van der Waals surface area contributed by atoms with Crippen LogP contribution in [0.1, 0.15) is 40.7 Å². The number of hydrazone groups is 1. The van der Waals surface area contributed by atoms with Crippen LogP contribution in [0, 0.1) is 6.92 Å². The molecule has 2 atom stereocenters. The first kappa shape index (κ1) is 13.9. The highest BCUT2D eigenvalue weighted by atomic mass is 32.1. The third-order valence-electron chi connectivity index (χ3n) is 4.51. The number of hydrogen-bond acceptors (Lipinski definition) is 5. The van der Waals surface area contributed by atoms with Gasteiger partial charge in [-0.05, 0) is 36.6 Å². The van der Waals surface area contributed by atoms with Crippen LogP contribution in [0.4, 0.5) is 0 Å². The summed E-state index contributed by atoms with van der Waals surface area (Å²) in [5.41, 5.74) is 2.17. The minimum absolute atomic E-state index is 0.182. The third-order valence-corrected chi connectivity index (χ3v) is 5.41. The van der Waals surface area contributed by atoms with Crippen molar-refractivity contribution in [3.63, 3.8) is 0 Å². The van der Waals surface area contributed by atoms with Crippen LogP contribution in [-0.2, 0) is 0 Å². The van der Waals surface area contributed by atoms with Crippen molar-refractivity contribution in [2.45, 2.75) is 25.6 Å². The lowest BCUT2D eigenvalue weighted by Crippen LogP contribution is -2.33. The van der Waals surface area contributed by atoms with Crippen LogP contribution in [0.15, 0.2) is 63.4 Å². The number of para-hydroxylation sites is 1. The molecule has 0 unspecified atom stereocenters. The second-order valence-corrected chi connectivity index (χ2v) is 7.06. The summed E-state index contributed by atoms with van der Waals surface area (Å²) < 4.78 is 12.1. The van der Waals surface area contributed by atoms with E-state index < -0.39 is 0 Å². The molecule has 24 heavy (non-hydrogen) atoms. The van der Waals surface area contributed by atoms with Crippen molar-refractivity contribution >= 4 is 17.0 Å². The van der Waals surface area contributed by atoms with Gasteiger partial charge in [-0.25, -0.2) is 5.01 Å².